The van der Waals surface area contributed by atoms with Crippen LogP contribution in [0.3, 0.4) is 0 Å². The SMILES string of the molecule is CCCNC(=O)c1cc(-c2ccc(Br)cc2)cc(-c2ccc(S(N)(=O)=O)cc2)c1N. The highest BCUT2D eigenvalue weighted by atomic mass is 79.9. The van der Waals surface area contributed by atoms with Crippen molar-refractivity contribution in [2.45, 2.75) is 18.2 Å². The van der Waals surface area contributed by atoms with E-state index in [4.69, 9.17) is 10.9 Å². The number of anilines is 1. The van der Waals surface area contributed by atoms with E-state index in [1.165, 1.54) is 12.1 Å². The zero-order valence-electron chi connectivity index (χ0n) is 16.4. The maximum absolute atomic E-state index is 12.7. The maximum Gasteiger partial charge on any atom is 0.253 e. The predicted molar refractivity (Wildman–Crippen MR) is 123 cm³/mol. The number of primary sulfonamides is 1. The van der Waals surface area contributed by atoms with Gasteiger partial charge in [0.15, 0.2) is 0 Å². The van der Waals surface area contributed by atoms with Crippen LogP contribution in [0.2, 0.25) is 0 Å². The molecule has 0 spiro atoms. The molecule has 0 aliphatic heterocycles. The van der Waals surface area contributed by atoms with Crippen LogP contribution in [0.15, 0.2) is 70.0 Å². The van der Waals surface area contributed by atoms with Gasteiger partial charge in [-0.15, -0.1) is 0 Å². The van der Waals surface area contributed by atoms with Crippen molar-refractivity contribution < 1.29 is 13.2 Å². The Morgan fingerprint density at radius 3 is 2.13 bits per heavy atom. The molecule has 3 aromatic rings. The lowest BCUT2D eigenvalue weighted by atomic mass is 9.93. The number of amides is 1. The molecule has 30 heavy (non-hydrogen) atoms. The number of hydrogen-bond donors (Lipinski definition) is 3. The lowest BCUT2D eigenvalue weighted by Crippen LogP contribution is -2.25. The average Bonchev–Trinajstić information content (AvgIpc) is 2.72. The first kappa shape index (κ1) is 22.0. The Hall–Kier alpha value is -2.68. The van der Waals surface area contributed by atoms with Gasteiger partial charge >= 0.3 is 0 Å². The third kappa shape index (κ3) is 4.89. The van der Waals surface area contributed by atoms with Crippen LogP contribution >= 0.6 is 15.9 Å². The number of carbonyl (C=O) groups excluding carboxylic acids is 1. The molecule has 3 rings (SSSR count). The Morgan fingerprint density at radius 1 is 0.967 bits per heavy atom. The highest BCUT2D eigenvalue weighted by molar-refractivity contribution is 9.10. The quantitative estimate of drug-likeness (QED) is 0.452. The number of nitrogen functional groups attached to an aromatic ring is 1. The Labute approximate surface area is 184 Å². The van der Waals surface area contributed by atoms with Crippen molar-refractivity contribution >= 4 is 37.5 Å². The zero-order valence-corrected chi connectivity index (χ0v) is 18.8. The number of nitrogens with two attached hydrogens (primary N) is 2. The first-order valence-electron chi connectivity index (χ1n) is 9.31. The summed E-state index contributed by atoms with van der Waals surface area (Å²) in [4.78, 5) is 12.7. The summed E-state index contributed by atoms with van der Waals surface area (Å²) in [7, 11) is -3.80. The fourth-order valence-electron chi connectivity index (χ4n) is 3.05. The monoisotopic (exact) mass is 487 g/mol. The molecule has 156 valence electrons. The molecule has 0 unspecified atom stereocenters. The van der Waals surface area contributed by atoms with Gasteiger partial charge in [-0.1, -0.05) is 47.1 Å². The van der Waals surface area contributed by atoms with Gasteiger partial charge in [-0.05, 0) is 59.5 Å². The summed E-state index contributed by atoms with van der Waals surface area (Å²) in [6, 6.07) is 17.5. The number of sulfonamides is 1. The molecule has 0 atom stereocenters. The van der Waals surface area contributed by atoms with Crippen LogP contribution in [0.25, 0.3) is 22.3 Å². The summed E-state index contributed by atoms with van der Waals surface area (Å²) in [5, 5.41) is 8.05. The van der Waals surface area contributed by atoms with Crippen LogP contribution < -0.4 is 16.2 Å². The van der Waals surface area contributed by atoms with Gasteiger partial charge in [0.2, 0.25) is 10.0 Å². The van der Waals surface area contributed by atoms with Crippen LogP contribution in [0.5, 0.6) is 0 Å². The molecule has 0 heterocycles. The molecule has 0 radical (unpaired) electrons. The van der Waals surface area contributed by atoms with Gasteiger partial charge in [-0.2, -0.15) is 0 Å². The molecule has 8 heteroatoms. The third-order valence-electron chi connectivity index (χ3n) is 4.63. The molecule has 0 aliphatic carbocycles. The number of hydrogen-bond acceptors (Lipinski definition) is 4. The first-order valence-corrected chi connectivity index (χ1v) is 11.7. The molecular weight excluding hydrogens is 466 g/mol. The Balaban J connectivity index is 2.16. The highest BCUT2D eigenvalue weighted by Gasteiger charge is 2.17. The molecule has 0 bridgehead atoms. The van der Waals surface area contributed by atoms with Crippen LogP contribution in [0, 0.1) is 0 Å². The van der Waals surface area contributed by atoms with E-state index in [2.05, 4.69) is 21.2 Å². The van der Waals surface area contributed by atoms with Gasteiger partial charge < -0.3 is 11.1 Å². The smallest absolute Gasteiger partial charge is 0.253 e. The fourth-order valence-corrected chi connectivity index (χ4v) is 3.83. The van der Waals surface area contributed by atoms with E-state index in [9.17, 15) is 13.2 Å². The summed E-state index contributed by atoms with van der Waals surface area (Å²) >= 11 is 3.43. The van der Waals surface area contributed by atoms with Crippen molar-refractivity contribution in [3.63, 3.8) is 0 Å². The van der Waals surface area contributed by atoms with Crippen LogP contribution in [0.4, 0.5) is 5.69 Å². The fraction of sp³-hybridized carbons (Fsp3) is 0.136. The molecule has 0 aliphatic rings. The van der Waals surface area contributed by atoms with E-state index in [-0.39, 0.29) is 10.8 Å². The van der Waals surface area contributed by atoms with Crippen molar-refractivity contribution in [3.05, 3.63) is 70.7 Å². The first-order chi connectivity index (χ1) is 14.2. The summed E-state index contributed by atoms with van der Waals surface area (Å²) in [5.41, 5.74) is 10.1. The topological polar surface area (TPSA) is 115 Å². The molecule has 3 aromatic carbocycles. The Bertz CT molecular complexity index is 1180. The molecule has 6 nitrogen and oxygen atoms in total. The standard InChI is InChI=1S/C22H22BrN3O3S/c1-2-11-26-22(27)20-13-16(14-3-7-17(23)8-4-14)12-19(21(20)24)15-5-9-18(10-6-15)30(25,28)29/h3-10,12-13H,2,11,24H2,1H3,(H,26,27)(H2,25,28,29). The van der Waals surface area contributed by atoms with Crippen LogP contribution in [0.1, 0.15) is 23.7 Å². The Kier molecular flexibility index (Phi) is 6.60. The van der Waals surface area contributed by atoms with Crippen molar-refractivity contribution in [1.82, 2.24) is 5.32 Å². The van der Waals surface area contributed by atoms with E-state index < -0.39 is 10.0 Å². The van der Waals surface area contributed by atoms with Gasteiger partial charge in [0.05, 0.1) is 16.1 Å². The van der Waals surface area contributed by atoms with E-state index in [1.807, 2.05) is 37.3 Å². The average molecular weight is 488 g/mol. The normalized spacial score (nSPS) is 11.3. The van der Waals surface area contributed by atoms with E-state index in [0.717, 1.165) is 22.0 Å². The molecule has 0 fully saturated rings. The van der Waals surface area contributed by atoms with Crippen molar-refractivity contribution in [2.75, 3.05) is 12.3 Å². The highest BCUT2D eigenvalue weighted by Crippen LogP contribution is 2.35. The number of halogens is 1. The molecular formula is C22H22BrN3O3S. The third-order valence-corrected chi connectivity index (χ3v) is 6.09. The lowest BCUT2D eigenvalue weighted by molar-refractivity contribution is 0.0954. The number of benzene rings is 3. The minimum Gasteiger partial charge on any atom is -0.398 e. The minimum absolute atomic E-state index is 0.00907. The molecule has 1 amide bonds. The second-order valence-electron chi connectivity index (χ2n) is 6.82. The van der Waals surface area contributed by atoms with Crippen LogP contribution in [-0.2, 0) is 10.0 Å². The summed E-state index contributed by atoms with van der Waals surface area (Å²) < 4.78 is 24.1. The van der Waals surface area contributed by atoms with E-state index in [1.54, 1.807) is 18.2 Å². The Morgan fingerprint density at radius 2 is 1.57 bits per heavy atom. The number of nitrogens with one attached hydrogen (secondary N) is 1. The molecule has 0 aromatic heterocycles. The molecule has 5 N–H and O–H groups in total. The summed E-state index contributed by atoms with van der Waals surface area (Å²) in [5.74, 6) is -0.254. The lowest BCUT2D eigenvalue weighted by Gasteiger charge is -2.15. The van der Waals surface area contributed by atoms with Gasteiger partial charge in [-0.3, -0.25) is 4.79 Å². The zero-order chi connectivity index (χ0) is 21.9. The largest absolute Gasteiger partial charge is 0.398 e. The van der Waals surface area contributed by atoms with Crippen molar-refractivity contribution in [3.8, 4) is 22.3 Å². The predicted octanol–water partition coefficient (Wildman–Crippen LogP) is 4.15. The maximum atomic E-state index is 12.7. The number of carbonyl (C=O) groups is 1. The second kappa shape index (κ2) is 8.99. The van der Waals surface area contributed by atoms with E-state index >= 15 is 0 Å². The van der Waals surface area contributed by atoms with Gasteiger partial charge in [0, 0.05) is 16.6 Å². The van der Waals surface area contributed by atoms with Crippen LogP contribution in [-0.4, -0.2) is 20.9 Å². The van der Waals surface area contributed by atoms with Crippen molar-refractivity contribution in [1.29, 1.82) is 0 Å². The van der Waals surface area contributed by atoms with Crippen molar-refractivity contribution in [2.24, 2.45) is 5.14 Å². The minimum atomic E-state index is -3.80. The van der Waals surface area contributed by atoms with Gasteiger partial charge in [0.25, 0.3) is 5.91 Å². The molecule has 0 saturated heterocycles. The second-order valence-corrected chi connectivity index (χ2v) is 9.29. The van der Waals surface area contributed by atoms with Gasteiger partial charge in [-0.25, -0.2) is 13.6 Å². The number of rotatable bonds is 6. The van der Waals surface area contributed by atoms with E-state index in [0.29, 0.717) is 28.9 Å². The summed E-state index contributed by atoms with van der Waals surface area (Å²) in [6.07, 6.45) is 0.805. The van der Waals surface area contributed by atoms with Gasteiger partial charge in [0.1, 0.15) is 0 Å². The summed E-state index contributed by atoms with van der Waals surface area (Å²) in [6.45, 7) is 2.51. The molecule has 0 saturated carbocycles.